The second-order valence-corrected chi connectivity index (χ2v) is 8.21. The number of hydrogen-bond acceptors (Lipinski definition) is 6. The molecule has 9 heteroatoms. The van der Waals surface area contributed by atoms with Gasteiger partial charge in [-0.2, -0.15) is 0 Å². The first-order valence-electron chi connectivity index (χ1n) is 10.6. The summed E-state index contributed by atoms with van der Waals surface area (Å²) in [6.07, 6.45) is 12.8. The van der Waals surface area contributed by atoms with Crippen LogP contribution in [0.25, 0.3) is 16.9 Å². The van der Waals surface area contributed by atoms with Crippen molar-refractivity contribution in [1.29, 1.82) is 0 Å². The lowest BCUT2D eigenvalue weighted by Gasteiger charge is -2.23. The number of aryl methyl sites for hydroxylation is 1. The van der Waals surface area contributed by atoms with Gasteiger partial charge >= 0.3 is 0 Å². The zero-order valence-electron chi connectivity index (χ0n) is 18.0. The van der Waals surface area contributed by atoms with Crippen molar-refractivity contribution in [3.05, 3.63) is 66.5 Å². The number of aromatic nitrogens is 5. The maximum absolute atomic E-state index is 12.9. The van der Waals surface area contributed by atoms with Crippen LogP contribution in [0.5, 0.6) is 5.75 Å². The number of amides is 1. The molecule has 1 aliphatic carbocycles. The summed E-state index contributed by atoms with van der Waals surface area (Å²) in [7, 11) is 1.63. The van der Waals surface area contributed by atoms with Crippen molar-refractivity contribution in [3.8, 4) is 22.7 Å². The highest BCUT2D eigenvalue weighted by atomic mass is 16.5. The molecule has 0 saturated carbocycles. The molecule has 3 unspecified atom stereocenters. The average Bonchev–Trinajstić information content (AvgIpc) is 3.41. The molecule has 1 saturated heterocycles. The van der Waals surface area contributed by atoms with Gasteiger partial charge < -0.3 is 20.4 Å². The molecule has 164 valence electrons. The van der Waals surface area contributed by atoms with Gasteiger partial charge in [0.1, 0.15) is 17.5 Å². The summed E-state index contributed by atoms with van der Waals surface area (Å²) in [5.74, 6) is 0.832. The highest BCUT2D eigenvalue weighted by Gasteiger charge is 2.32. The number of ether oxygens (including phenoxy) is 1. The molecule has 2 aliphatic rings. The number of nitrogens with two attached hydrogens (primary N) is 1. The largest absolute Gasteiger partial charge is 0.495 e. The third-order valence-electron chi connectivity index (χ3n) is 6.04. The van der Waals surface area contributed by atoms with Crippen molar-refractivity contribution in [2.45, 2.75) is 31.8 Å². The zero-order chi connectivity index (χ0) is 22.2. The van der Waals surface area contributed by atoms with E-state index in [0.29, 0.717) is 17.9 Å². The van der Waals surface area contributed by atoms with Crippen LogP contribution in [0.3, 0.4) is 0 Å². The minimum Gasteiger partial charge on any atom is -0.495 e. The van der Waals surface area contributed by atoms with Crippen LogP contribution in [0.4, 0.5) is 0 Å². The lowest BCUT2D eigenvalue weighted by atomic mass is 9.90. The summed E-state index contributed by atoms with van der Waals surface area (Å²) >= 11 is 0. The summed E-state index contributed by atoms with van der Waals surface area (Å²) in [5, 5.41) is 11.7. The quantitative estimate of drug-likeness (QED) is 0.655. The molecular weight excluding hydrogens is 406 g/mol. The lowest BCUT2D eigenvalue weighted by molar-refractivity contribution is -0.124. The van der Waals surface area contributed by atoms with Crippen molar-refractivity contribution >= 4 is 5.91 Å². The molecule has 32 heavy (non-hydrogen) atoms. The Morgan fingerprint density at radius 3 is 2.91 bits per heavy atom. The second-order valence-electron chi connectivity index (χ2n) is 8.21. The fourth-order valence-corrected chi connectivity index (χ4v) is 4.34. The molecule has 0 spiro atoms. The van der Waals surface area contributed by atoms with Gasteiger partial charge in [-0.05, 0) is 38.0 Å². The number of imidazole rings is 1. The Kier molecular flexibility index (Phi) is 5.01. The van der Waals surface area contributed by atoms with Gasteiger partial charge in [0.2, 0.25) is 5.91 Å². The maximum Gasteiger partial charge on any atom is 0.245 e. The minimum absolute atomic E-state index is 0.0357. The number of carbonyl (C=O) groups excluding carboxylic acids is 1. The highest BCUT2D eigenvalue weighted by Crippen LogP contribution is 2.31. The van der Waals surface area contributed by atoms with E-state index in [-0.39, 0.29) is 17.9 Å². The van der Waals surface area contributed by atoms with Crippen molar-refractivity contribution < 1.29 is 9.53 Å². The Labute approximate surface area is 185 Å². The van der Waals surface area contributed by atoms with Gasteiger partial charge in [-0.3, -0.25) is 4.79 Å². The molecule has 1 amide bonds. The molecule has 2 aromatic heterocycles. The van der Waals surface area contributed by atoms with E-state index in [0.717, 1.165) is 29.1 Å². The molecule has 1 aliphatic heterocycles. The molecule has 3 aromatic rings. The molecule has 9 nitrogen and oxygen atoms in total. The zero-order valence-corrected chi connectivity index (χ0v) is 18.0. The average molecular weight is 432 g/mol. The SMILES string of the molecule is COc1cc(-c2cn(C3CCC4C=C(N)C=CC4NC3=O)nn2)ccc1-n1cnc(C)c1. The second kappa shape index (κ2) is 7.99. The first-order chi connectivity index (χ1) is 15.5. The van der Waals surface area contributed by atoms with Crippen LogP contribution in [0.2, 0.25) is 0 Å². The van der Waals surface area contributed by atoms with Crippen LogP contribution in [0.15, 0.2) is 60.8 Å². The van der Waals surface area contributed by atoms with Gasteiger partial charge in [-0.25, -0.2) is 9.67 Å². The van der Waals surface area contributed by atoms with Gasteiger partial charge in [0.25, 0.3) is 0 Å². The van der Waals surface area contributed by atoms with Crippen molar-refractivity contribution in [2.75, 3.05) is 7.11 Å². The van der Waals surface area contributed by atoms with Gasteiger partial charge in [-0.1, -0.05) is 23.4 Å². The predicted molar refractivity (Wildman–Crippen MR) is 119 cm³/mol. The highest BCUT2D eigenvalue weighted by molar-refractivity contribution is 5.81. The number of rotatable bonds is 4. The fraction of sp³-hybridized carbons (Fsp3) is 0.304. The van der Waals surface area contributed by atoms with E-state index in [9.17, 15) is 4.79 Å². The number of fused-ring (bicyclic) bond motifs is 1. The summed E-state index contributed by atoms with van der Waals surface area (Å²) in [5.41, 5.74) is 10.0. The third-order valence-corrected chi connectivity index (χ3v) is 6.04. The number of carbonyl (C=O) groups is 1. The van der Waals surface area contributed by atoms with Crippen molar-refractivity contribution in [2.24, 2.45) is 11.7 Å². The monoisotopic (exact) mass is 431 g/mol. The molecule has 1 fully saturated rings. The van der Waals surface area contributed by atoms with E-state index in [4.69, 9.17) is 10.5 Å². The van der Waals surface area contributed by atoms with E-state index in [2.05, 4.69) is 20.6 Å². The molecule has 3 heterocycles. The smallest absolute Gasteiger partial charge is 0.245 e. The predicted octanol–water partition coefficient (Wildman–Crippen LogP) is 2.30. The van der Waals surface area contributed by atoms with Gasteiger partial charge in [-0.15, -0.1) is 5.10 Å². The molecule has 3 N–H and O–H groups in total. The van der Waals surface area contributed by atoms with Crippen LogP contribution in [0.1, 0.15) is 24.6 Å². The fourth-order valence-electron chi connectivity index (χ4n) is 4.34. The van der Waals surface area contributed by atoms with Crippen LogP contribution in [-0.4, -0.2) is 43.6 Å². The number of benzene rings is 1. The first kappa shape index (κ1) is 20.0. The number of allylic oxidation sites excluding steroid dienone is 1. The minimum atomic E-state index is -0.417. The number of hydrogen-bond donors (Lipinski definition) is 2. The maximum atomic E-state index is 12.9. The Balaban J connectivity index is 1.40. The normalized spacial score (nSPS) is 22.6. The molecular formula is C23H25N7O2. The van der Waals surface area contributed by atoms with Crippen LogP contribution < -0.4 is 15.8 Å². The van der Waals surface area contributed by atoms with E-state index in [1.807, 2.05) is 60.3 Å². The molecule has 0 radical (unpaired) electrons. The standard InChI is InChI=1S/C23H25N7O2/c1-14-11-29(13-25-14)20-7-3-16(10-22(20)32-2)19-12-30(28-27-19)21-8-4-15-9-17(24)5-6-18(15)26-23(21)31/h3,5-7,9-13,15,18,21H,4,8,24H2,1-2H3,(H,26,31). The van der Waals surface area contributed by atoms with Gasteiger partial charge in [0, 0.05) is 23.4 Å². The van der Waals surface area contributed by atoms with Crippen LogP contribution in [0, 0.1) is 12.8 Å². The van der Waals surface area contributed by atoms with Gasteiger partial charge in [0.15, 0.2) is 0 Å². The number of methoxy groups -OCH3 is 1. The molecule has 1 aromatic carbocycles. The first-order valence-corrected chi connectivity index (χ1v) is 10.6. The number of nitrogens with one attached hydrogen (secondary N) is 1. The summed E-state index contributed by atoms with van der Waals surface area (Å²) in [4.78, 5) is 17.2. The van der Waals surface area contributed by atoms with E-state index >= 15 is 0 Å². The molecule has 5 rings (SSSR count). The van der Waals surface area contributed by atoms with E-state index < -0.39 is 6.04 Å². The van der Waals surface area contributed by atoms with Gasteiger partial charge in [0.05, 0.1) is 37.1 Å². The Morgan fingerprint density at radius 1 is 1.25 bits per heavy atom. The van der Waals surface area contributed by atoms with Crippen LogP contribution in [-0.2, 0) is 4.79 Å². The number of nitrogens with zero attached hydrogens (tertiary/aromatic N) is 5. The van der Waals surface area contributed by atoms with Crippen molar-refractivity contribution in [1.82, 2.24) is 29.9 Å². The Hall–Kier alpha value is -3.88. The topological polar surface area (TPSA) is 113 Å². The molecule has 0 bridgehead atoms. The molecule has 3 atom stereocenters. The summed E-state index contributed by atoms with van der Waals surface area (Å²) in [6.45, 7) is 1.94. The summed E-state index contributed by atoms with van der Waals surface area (Å²) in [6, 6.07) is 5.38. The Morgan fingerprint density at radius 2 is 2.12 bits per heavy atom. The van der Waals surface area contributed by atoms with E-state index in [1.165, 1.54) is 0 Å². The van der Waals surface area contributed by atoms with Crippen LogP contribution >= 0.6 is 0 Å². The lowest BCUT2D eigenvalue weighted by Crippen LogP contribution is -2.40. The van der Waals surface area contributed by atoms with Crippen molar-refractivity contribution in [3.63, 3.8) is 0 Å². The van der Waals surface area contributed by atoms with E-state index in [1.54, 1.807) is 18.1 Å². The third kappa shape index (κ3) is 3.66. The Bertz CT molecular complexity index is 1220. The summed E-state index contributed by atoms with van der Waals surface area (Å²) < 4.78 is 9.17.